The summed E-state index contributed by atoms with van der Waals surface area (Å²) < 4.78 is 10.7. The van der Waals surface area contributed by atoms with Gasteiger partial charge in [0.1, 0.15) is 12.0 Å². The largest absolute Gasteiger partial charge is 0.497 e. The van der Waals surface area contributed by atoms with E-state index in [-0.39, 0.29) is 12.0 Å². The molecule has 0 aromatic heterocycles. The number of hydrogen-bond acceptors (Lipinski definition) is 3. The van der Waals surface area contributed by atoms with Crippen molar-refractivity contribution in [1.82, 2.24) is 0 Å². The monoisotopic (exact) mass is 234 g/mol. The quantitative estimate of drug-likeness (QED) is 0.537. The standard InChI is InChI=1S/C14H18O3/c1-4-14(11(2)9-15)17-10-12-5-7-13(16-3)8-6-12/h4-9,11,14H,1,10H2,2-3H3/t11-,14-/m0/s1. The first-order valence-electron chi connectivity index (χ1n) is 5.53. The molecule has 0 N–H and O–H groups in total. The summed E-state index contributed by atoms with van der Waals surface area (Å²) in [6, 6.07) is 7.63. The number of rotatable bonds is 7. The lowest BCUT2D eigenvalue weighted by atomic mass is 10.1. The molecule has 0 aliphatic rings. The van der Waals surface area contributed by atoms with Gasteiger partial charge < -0.3 is 14.3 Å². The van der Waals surface area contributed by atoms with Crippen molar-refractivity contribution >= 4 is 6.29 Å². The summed E-state index contributed by atoms with van der Waals surface area (Å²) in [6.07, 6.45) is 2.29. The Morgan fingerprint density at radius 1 is 1.35 bits per heavy atom. The summed E-state index contributed by atoms with van der Waals surface area (Å²) in [7, 11) is 1.63. The molecule has 0 saturated carbocycles. The highest BCUT2D eigenvalue weighted by Gasteiger charge is 2.13. The normalized spacial score (nSPS) is 13.8. The van der Waals surface area contributed by atoms with Crippen molar-refractivity contribution in [1.29, 1.82) is 0 Å². The van der Waals surface area contributed by atoms with Gasteiger partial charge in [-0.25, -0.2) is 0 Å². The second kappa shape index (κ2) is 6.86. The van der Waals surface area contributed by atoms with Crippen LogP contribution in [0.5, 0.6) is 5.75 Å². The maximum absolute atomic E-state index is 10.7. The molecule has 0 fully saturated rings. The van der Waals surface area contributed by atoms with Gasteiger partial charge in [-0.15, -0.1) is 6.58 Å². The zero-order chi connectivity index (χ0) is 12.7. The fourth-order valence-corrected chi connectivity index (χ4v) is 1.43. The molecule has 17 heavy (non-hydrogen) atoms. The van der Waals surface area contributed by atoms with Crippen LogP contribution in [0, 0.1) is 5.92 Å². The smallest absolute Gasteiger partial charge is 0.125 e. The van der Waals surface area contributed by atoms with E-state index in [1.165, 1.54) is 0 Å². The summed E-state index contributed by atoms with van der Waals surface area (Å²) >= 11 is 0. The Balaban J connectivity index is 2.53. The van der Waals surface area contributed by atoms with Crippen LogP contribution in [0.15, 0.2) is 36.9 Å². The van der Waals surface area contributed by atoms with Gasteiger partial charge >= 0.3 is 0 Å². The molecule has 0 bridgehead atoms. The summed E-state index contributed by atoms with van der Waals surface area (Å²) in [5.74, 6) is 0.640. The Kier molecular flexibility index (Phi) is 5.43. The molecule has 1 aromatic rings. The second-order valence-corrected chi connectivity index (χ2v) is 3.85. The minimum atomic E-state index is -0.241. The van der Waals surface area contributed by atoms with Gasteiger partial charge in [0.15, 0.2) is 0 Å². The van der Waals surface area contributed by atoms with Gasteiger partial charge in [-0.05, 0) is 17.7 Å². The van der Waals surface area contributed by atoms with Crippen LogP contribution in [0.1, 0.15) is 12.5 Å². The van der Waals surface area contributed by atoms with Gasteiger partial charge in [-0.1, -0.05) is 25.1 Å². The first-order valence-corrected chi connectivity index (χ1v) is 5.53. The van der Waals surface area contributed by atoms with Crippen LogP contribution in [0.25, 0.3) is 0 Å². The number of benzene rings is 1. The molecule has 0 saturated heterocycles. The van der Waals surface area contributed by atoms with Crippen LogP contribution in [-0.2, 0) is 16.1 Å². The van der Waals surface area contributed by atoms with E-state index in [1.807, 2.05) is 31.2 Å². The van der Waals surface area contributed by atoms with Crippen molar-refractivity contribution in [2.45, 2.75) is 19.6 Å². The molecule has 92 valence electrons. The van der Waals surface area contributed by atoms with Gasteiger partial charge in [-0.3, -0.25) is 0 Å². The third-order valence-electron chi connectivity index (χ3n) is 2.57. The van der Waals surface area contributed by atoms with E-state index in [9.17, 15) is 4.79 Å². The lowest BCUT2D eigenvalue weighted by molar-refractivity contribution is -0.114. The summed E-state index contributed by atoms with van der Waals surface area (Å²) in [5.41, 5.74) is 1.04. The highest BCUT2D eigenvalue weighted by molar-refractivity contribution is 5.54. The van der Waals surface area contributed by atoms with Crippen molar-refractivity contribution in [3.63, 3.8) is 0 Å². The average Bonchev–Trinajstić information content (AvgIpc) is 2.39. The first kappa shape index (κ1) is 13.5. The van der Waals surface area contributed by atoms with E-state index in [2.05, 4.69) is 6.58 Å². The van der Waals surface area contributed by atoms with Gasteiger partial charge in [0.05, 0.1) is 19.8 Å². The van der Waals surface area contributed by atoms with E-state index in [1.54, 1.807) is 13.2 Å². The SMILES string of the molecule is C=C[C@H](OCc1ccc(OC)cc1)[C@@H](C)C=O. The number of carbonyl (C=O) groups excluding carboxylic acids is 1. The molecule has 0 spiro atoms. The molecule has 2 atom stereocenters. The highest BCUT2D eigenvalue weighted by Crippen LogP contribution is 2.14. The molecule has 0 aliphatic heterocycles. The van der Waals surface area contributed by atoms with Crippen LogP contribution < -0.4 is 4.74 Å². The number of ether oxygens (including phenoxy) is 2. The van der Waals surface area contributed by atoms with Crippen LogP contribution >= 0.6 is 0 Å². The van der Waals surface area contributed by atoms with Gasteiger partial charge in [0.25, 0.3) is 0 Å². The van der Waals surface area contributed by atoms with Gasteiger partial charge in [0, 0.05) is 5.92 Å². The van der Waals surface area contributed by atoms with E-state index >= 15 is 0 Å². The summed E-state index contributed by atoms with van der Waals surface area (Å²) in [5, 5.41) is 0. The molecule has 1 aromatic carbocycles. The molecule has 1 rings (SSSR count). The molecule has 0 amide bonds. The maximum atomic E-state index is 10.7. The zero-order valence-corrected chi connectivity index (χ0v) is 10.3. The van der Waals surface area contributed by atoms with E-state index < -0.39 is 0 Å². The lowest BCUT2D eigenvalue weighted by Gasteiger charge is -2.16. The minimum absolute atomic E-state index is 0.175. The van der Waals surface area contributed by atoms with Gasteiger partial charge in [-0.2, -0.15) is 0 Å². The molecule has 0 unspecified atom stereocenters. The Labute approximate surface area is 102 Å². The predicted molar refractivity (Wildman–Crippen MR) is 67.0 cm³/mol. The number of carbonyl (C=O) groups is 1. The maximum Gasteiger partial charge on any atom is 0.125 e. The van der Waals surface area contributed by atoms with E-state index in [0.717, 1.165) is 17.6 Å². The number of hydrogen-bond donors (Lipinski definition) is 0. The Morgan fingerprint density at radius 2 is 2.00 bits per heavy atom. The fourth-order valence-electron chi connectivity index (χ4n) is 1.43. The fraction of sp³-hybridized carbons (Fsp3) is 0.357. The Hall–Kier alpha value is -1.61. The number of methoxy groups -OCH3 is 1. The Bertz CT molecular complexity index is 356. The summed E-state index contributed by atoms with van der Waals surface area (Å²) in [4.78, 5) is 10.7. The van der Waals surface area contributed by atoms with Crippen molar-refractivity contribution < 1.29 is 14.3 Å². The third-order valence-corrected chi connectivity index (χ3v) is 2.57. The minimum Gasteiger partial charge on any atom is -0.497 e. The molecule has 0 aliphatic carbocycles. The molecule has 3 heteroatoms. The molecular weight excluding hydrogens is 216 g/mol. The Morgan fingerprint density at radius 3 is 2.47 bits per heavy atom. The van der Waals surface area contributed by atoms with Crippen LogP contribution in [0.4, 0.5) is 0 Å². The van der Waals surface area contributed by atoms with E-state index in [4.69, 9.17) is 9.47 Å². The molecular formula is C14H18O3. The molecule has 3 nitrogen and oxygen atoms in total. The van der Waals surface area contributed by atoms with Crippen LogP contribution in [0.2, 0.25) is 0 Å². The molecule has 0 radical (unpaired) electrons. The van der Waals surface area contributed by atoms with Crippen LogP contribution in [-0.4, -0.2) is 19.5 Å². The van der Waals surface area contributed by atoms with E-state index in [0.29, 0.717) is 6.61 Å². The van der Waals surface area contributed by atoms with Crippen molar-refractivity contribution in [2.75, 3.05) is 7.11 Å². The zero-order valence-electron chi connectivity index (χ0n) is 10.3. The third kappa shape index (κ3) is 4.04. The summed E-state index contributed by atoms with van der Waals surface area (Å²) in [6.45, 7) is 5.94. The van der Waals surface area contributed by atoms with Crippen molar-refractivity contribution in [3.05, 3.63) is 42.5 Å². The highest BCUT2D eigenvalue weighted by atomic mass is 16.5. The first-order chi connectivity index (χ1) is 8.21. The van der Waals surface area contributed by atoms with Crippen LogP contribution in [0.3, 0.4) is 0 Å². The predicted octanol–water partition coefficient (Wildman–Crippen LogP) is 2.60. The van der Waals surface area contributed by atoms with Crippen molar-refractivity contribution in [3.8, 4) is 5.75 Å². The number of aldehydes is 1. The van der Waals surface area contributed by atoms with Crippen molar-refractivity contribution in [2.24, 2.45) is 5.92 Å². The topological polar surface area (TPSA) is 35.5 Å². The molecule has 0 heterocycles. The van der Waals surface area contributed by atoms with Gasteiger partial charge in [0.2, 0.25) is 0 Å². The lowest BCUT2D eigenvalue weighted by Crippen LogP contribution is -2.20. The average molecular weight is 234 g/mol. The second-order valence-electron chi connectivity index (χ2n) is 3.85.